The second kappa shape index (κ2) is 14.5. The summed E-state index contributed by atoms with van der Waals surface area (Å²) >= 11 is 13.7. The Labute approximate surface area is 294 Å². The van der Waals surface area contributed by atoms with Gasteiger partial charge in [0.15, 0.2) is 5.65 Å². The van der Waals surface area contributed by atoms with Gasteiger partial charge in [-0.15, -0.1) is 0 Å². The molecule has 6 rings (SSSR count). The van der Waals surface area contributed by atoms with E-state index in [1.807, 2.05) is 34.9 Å². The molecule has 5 aromatic rings. The van der Waals surface area contributed by atoms with Gasteiger partial charge in [0.25, 0.3) is 0 Å². The largest absolute Gasteiger partial charge is 0.495 e. The molecule has 0 atom stereocenters. The summed E-state index contributed by atoms with van der Waals surface area (Å²) in [5.41, 5.74) is 5.14. The first-order valence-corrected chi connectivity index (χ1v) is 16.5. The summed E-state index contributed by atoms with van der Waals surface area (Å²) in [7, 11) is 4.66. The zero-order valence-electron chi connectivity index (χ0n) is 28.0. The molecule has 1 fully saturated rings. The van der Waals surface area contributed by atoms with Crippen molar-refractivity contribution in [3.05, 3.63) is 71.1 Å². The molecule has 0 unspecified atom stereocenters. The molecule has 2 N–H and O–H groups in total. The van der Waals surface area contributed by atoms with Crippen molar-refractivity contribution in [1.82, 2.24) is 24.3 Å². The molecule has 14 heteroatoms. The number of nitrogens with zero attached hydrogens (tertiary/aromatic N) is 6. The van der Waals surface area contributed by atoms with E-state index in [2.05, 4.69) is 45.8 Å². The summed E-state index contributed by atoms with van der Waals surface area (Å²) < 4.78 is 18.3. The van der Waals surface area contributed by atoms with Crippen molar-refractivity contribution in [2.75, 3.05) is 63.0 Å². The Morgan fingerprint density at radius 2 is 1.69 bits per heavy atom. The van der Waals surface area contributed by atoms with Crippen molar-refractivity contribution in [1.29, 1.82) is 0 Å². The quantitative estimate of drug-likeness (QED) is 0.142. The molecule has 0 spiro atoms. The van der Waals surface area contributed by atoms with Crippen LogP contribution in [0.3, 0.4) is 0 Å². The molecular formula is C35H38Cl2N8O4. The zero-order valence-corrected chi connectivity index (χ0v) is 29.5. The number of benzene rings is 2. The van der Waals surface area contributed by atoms with Crippen molar-refractivity contribution in [3.63, 3.8) is 0 Å². The molecule has 1 saturated heterocycles. The van der Waals surface area contributed by atoms with Gasteiger partial charge in [0.05, 0.1) is 47.9 Å². The van der Waals surface area contributed by atoms with Crippen LogP contribution in [0.25, 0.3) is 27.8 Å². The summed E-state index contributed by atoms with van der Waals surface area (Å²) in [5, 5.41) is 7.56. The van der Waals surface area contributed by atoms with E-state index in [-0.39, 0.29) is 12.5 Å². The van der Waals surface area contributed by atoms with Crippen LogP contribution in [0.5, 0.6) is 11.5 Å². The minimum atomic E-state index is -0.325. The molecule has 1 aliphatic rings. The highest BCUT2D eigenvalue weighted by molar-refractivity contribution is 6.41. The van der Waals surface area contributed by atoms with Gasteiger partial charge in [-0.25, -0.2) is 9.97 Å². The maximum absolute atomic E-state index is 12.5. The van der Waals surface area contributed by atoms with Gasteiger partial charge in [-0.2, -0.15) is 4.98 Å². The smallest absolute Gasteiger partial charge is 0.247 e. The maximum atomic E-state index is 12.5. The summed E-state index contributed by atoms with van der Waals surface area (Å²) in [6, 6.07) is 9.94. The number of aromatic nitrogens is 4. The number of amides is 1. The van der Waals surface area contributed by atoms with E-state index in [1.54, 1.807) is 19.4 Å². The lowest BCUT2D eigenvalue weighted by Crippen LogP contribution is -2.48. The number of methoxy groups -OCH3 is 3. The van der Waals surface area contributed by atoms with Crippen LogP contribution in [0.4, 0.5) is 23.0 Å². The average molecular weight is 706 g/mol. The van der Waals surface area contributed by atoms with Crippen LogP contribution in [0.2, 0.25) is 10.0 Å². The van der Waals surface area contributed by atoms with Crippen LogP contribution in [0.15, 0.2) is 55.4 Å². The number of carbonyl (C=O) groups excluding carboxylic acids is 1. The lowest BCUT2D eigenvalue weighted by Gasteiger charge is -2.38. The van der Waals surface area contributed by atoms with E-state index in [0.717, 1.165) is 31.9 Å². The van der Waals surface area contributed by atoms with E-state index in [4.69, 9.17) is 47.4 Å². The summed E-state index contributed by atoms with van der Waals surface area (Å²) in [5.74, 6) is 0.793. The highest BCUT2D eigenvalue weighted by Gasteiger charge is 2.24. The fourth-order valence-corrected chi connectivity index (χ4v) is 6.71. The van der Waals surface area contributed by atoms with E-state index >= 15 is 0 Å². The Bertz CT molecular complexity index is 2010. The van der Waals surface area contributed by atoms with Gasteiger partial charge in [0.1, 0.15) is 17.1 Å². The van der Waals surface area contributed by atoms with Gasteiger partial charge in [0, 0.05) is 80.0 Å². The van der Waals surface area contributed by atoms with Crippen molar-refractivity contribution in [2.24, 2.45) is 0 Å². The number of hydrogen-bond acceptors (Lipinski definition) is 10. The number of anilines is 4. The number of imidazole rings is 1. The number of ether oxygens (including phenoxy) is 3. The standard InChI is InChI=1S/C35H38Cl2N8O4/c1-7-29(46)40-26-15-23(44-12-10-43(11-13-44)20(2)3)8-9-25(26)41-35-38-17-21-14-24(30-31(36)27(48-5)16-28(49-6)32(30)37)34-39-22(19-47-4)18-45(34)33(21)42-35/h7-9,14-18,20H,1,10-13,19H2,2-6H3,(H,40,46)(H,38,41,42). The average Bonchev–Trinajstić information content (AvgIpc) is 3.54. The SMILES string of the molecule is C=CC(=O)Nc1cc(N2CCN(C(C)C)CC2)ccc1Nc1ncc2cc(-c3c(Cl)c(OC)cc(OC)c3Cl)c3nc(COC)cn3c2n1. The molecule has 256 valence electrons. The number of fused-ring (bicyclic) bond motifs is 3. The Morgan fingerprint density at radius 1 is 0.980 bits per heavy atom. The lowest BCUT2D eigenvalue weighted by atomic mass is 10.0. The number of rotatable bonds is 11. The number of pyridine rings is 1. The minimum Gasteiger partial charge on any atom is -0.495 e. The van der Waals surface area contributed by atoms with E-state index < -0.39 is 0 Å². The summed E-state index contributed by atoms with van der Waals surface area (Å²) in [4.78, 5) is 31.6. The third-order valence-corrected chi connectivity index (χ3v) is 9.31. The molecular weight excluding hydrogens is 667 g/mol. The number of piperazine rings is 1. The zero-order chi connectivity index (χ0) is 34.8. The molecule has 0 bridgehead atoms. The van der Waals surface area contributed by atoms with Crippen LogP contribution >= 0.6 is 23.2 Å². The fourth-order valence-electron chi connectivity index (χ4n) is 6.00. The molecule has 0 aliphatic carbocycles. The van der Waals surface area contributed by atoms with Gasteiger partial charge >= 0.3 is 0 Å². The monoisotopic (exact) mass is 704 g/mol. The Kier molecular flexibility index (Phi) is 10.1. The molecule has 1 aliphatic heterocycles. The van der Waals surface area contributed by atoms with E-state index in [0.29, 0.717) is 78.4 Å². The number of carbonyl (C=O) groups is 1. The molecule has 3 aromatic heterocycles. The highest BCUT2D eigenvalue weighted by Crippen LogP contribution is 2.47. The van der Waals surface area contributed by atoms with E-state index in [1.165, 1.54) is 20.3 Å². The number of halogens is 2. The van der Waals surface area contributed by atoms with Crippen LogP contribution in [-0.4, -0.2) is 83.7 Å². The third kappa shape index (κ3) is 6.82. The van der Waals surface area contributed by atoms with Gasteiger partial charge < -0.3 is 29.7 Å². The molecule has 0 radical (unpaired) electrons. The van der Waals surface area contributed by atoms with Gasteiger partial charge in [-0.1, -0.05) is 29.8 Å². The summed E-state index contributed by atoms with van der Waals surface area (Å²) in [6.07, 6.45) is 4.80. The highest BCUT2D eigenvalue weighted by atomic mass is 35.5. The first kappa shape index (κ1) is 34.3. The number of hydrogen-bond donors (Lipinski definition) is 2. The molecule has 12 nitrogen and oxygen atoms in total. The predicted molar refractivity (Wildman–Crippen MR) is 195 cm³/mol. The van der Waals surface area contributed by atoms with Crippen molar-refractivity contribution in [2.45, 2.75) is 26.5 Å². The van der Waals surface area contributed by atoms with Crippen LogP contribution in [0, 0.1) is 0 Å². The second-order valence-electron chi connectivity index (χ2n) is 11.8. The fraction of sp³-hybridized carbons (Fsp3) is 0.314. The Morgan fingerprint density at radius 3 is 2.33 bits per heavy atom. The van der Waals surface area contributed by atoms with Crippen LogP contribution in [0.1, 0.15) is 19.5 Å². The Hall–Kier alpha value is -4.62. The topological polar surface area (TPSA) is 118 Å². The first-order valence-electron chi connectivity index (χ1n) is 15.8. The van der Waals surface area contributed by atoms with Crippen molar-refractivity contribution >= 4 is 68.8 Å². The molecule has 1 amide bonds. The van der Waals surface area contributed by atoms with Gasteiger partial charge in [0.2, 0.25) is 11.9 Å². The Balaban J connectivity index is 1.42. The summed E-state index contributed by atoms with van der Waals surface area (Å²) in [6.45, 7) is 12.0. The van der Waals surface area contributed by atoms with Crippen molar-refractivity contribution < 1.29 is 19.0 Å². The maximum Gasteiger partial charge on any atom is 0.247 e. The van der Waals surface area contributed by atoms with Crippen molar-refractivity contribution in [3.8, 4) is 22.6 Å². The number of nitrogens with one attached hydrogen (secondary N) is 2. The molecule has 4 heterocycles. The van der Waals surface area contributed by atoms with E-state index in [9.17, 15) is 4.79 Å². The van der Waals surface area contributed by atoms with Gasteiger partial charge in [-0.05, 0) is 44.2 Å². The van der Waals surface area contributed by atoms with Crippen LogP contribution in [-0.2, 0) is 16.1 Å². The molecule has 0 saturated carbocycles. The van der Waals surface area contributed by atoms with Gasteiger partial charge in [-0.3, -0.25) is 14.1 Å². The second-order valence-corrected chi connectivity index (χ2v) is 12.6. The predicted octanol–water partition coefficient (Wildman–Crippen LogP) is 6.81. The first-order chi connectivity index (χ1) is 23.6. The third-order valence-electron chi connectivity index (χ3n) is 8.56. The molecule has 49 heavy (non-hydrogen) atoms. The minimum absolute atomic E-state index is 0.271. The lowest BCUT2D eigenvalue weighted by molar-refractivity contribution is -0.111. The normalized spacial score (nSPS) is 13.7. The van der Waals surface area contributed by atoms with Crippen LogP contribution < -0.4 is 25.0 Å². The molecule has 2 aromatic carbocycles.